The molecule has 32 heavy (non-hydrogen) atoms. The number of nitrogens with zero attached hydrogens (tertiary/aromatic N) is 4. The van der Waals surface area contributed by atoms with Gasteiger partial charge in [-0.3, -0.25) is 0 Å². The molecule has 1 heterocycles. The van der Waals surface area contributed by atoms with Gasteiger partial charge in [-0.05, 0) is 108 Å². The van der Waals surface area contributed by atoms with Gasteiger partial charge in [0.2, 0.25) is 0 Å². The summed E-state index contributed by atoms with van der Waals surface area (Å²) in [5, 5.41) is 0. The van der Waals surface area contributed by atoms with Crippen molar-refractivity contribution in [1.82, 2.24) is 18.7 Å². The molecule has 0 aromatic carbocycles. The van der Waals surface area contributed by atoms with Gasteiger partial charge in [0.15, 0.2) is 0 Å². The summed E-state index contributed by atoms with van der Waals surface area (Å²) in [5.41, 5.74) is 1.12. The molecule has 4 nitrogen and oxygen atoms in total. The Kier molecular flexibility index (Phi) is 8.48. The van der Waals surface area contributed by atoms with Gasteiger partial charge in [0.25, 0.3) is 0 Å². The van der Waals surface area contributed by atoms with Crippen molar-refractivity contribution in [1.29, 1.82) is 0 Å². The first-order valence-electron chi connectivity index (χ1n) is 12.7. The standard InChI is InChI=1S/C24H50N4P2S2/c1-23(2,3)27-29(31,21-17-13-11-15-19(21)25(7)8)28(24(4,5)6)30(27,32)22-18-14-12-16-20(22)26(9)10/h19-22H,11-18H2,1-10H3/t19-,20-,21-,22-,29?,30?/m1/s1. The largest absolute Gasteiger partial charge is 0.511 e. The minimum absolute atomic E-state index is 0.00935. The summed E-state index contributed by atoms with van der Waals surface area (Å²) in [5.74, 6) is 0. The highest BCUT2D eigenvalue weighted by Crippen LogP contribution is 3.02. The lowest BCUT2D eigenvalue weighted by Crippen LogP contribution is -2.68. The minimum atomic E-state index is -2.00. The van der Waals surface area contributed by atoms with Crippen molar-refractivity contribution < 1.29 is 0 Å². The van der Waals surface area contributed by atoms with Crippen molar-refractivity contribution in [3.8, 4) is 0 Å². The Morgan fingerprint density at radius 3 is 1.12 bits per heavy atom. The third-order valence-electron chi connectivity index (χ3n) is 7.86. The summed E-state index contributed by atoms with van der Waals surface area (Å²) < 4.78 is 5.73. The van der Waals surface area contributed by atoms with Crippen molar-refractivity contribution >= 4 is 38.0 Å². The molecule has 1 aliphatic heterocycles. The maximum absolute atomic E-state index is 6.99. The molecule has 4 atom stereocenters. The van der Waals surface area contributed by atoms with Gasteiger partial charge < -0.3 is 34.3 Å². The Bertz CT molecular complexity index is 597. The highest BCUT2D eigenvalue weighted by atomic mass is 32.7. The van der Waals surface area contributed by atoms with Gasteiger partial charge >= 0.3 is 0 Å². The van der Waals surface area contributed by atoms with E-state index in [1.807, 2.05) is 0 Å². The Morgan fingerprint density at radius 2 is 0.875 bits per heavy atom. The predicted octanol–water partition coefficient (Wildman–Crippen LogP) is 6.57. The van der Waals surface area contributed by atoms with Crippen LogP contribution in [0.3, 0.4) is 0 Å². The molecule has 0 spiro atoms. The molecule has 0 N–H and O–H groups in total. The van der Waals surface area contributed by atoms with Crippen molar-refractivity contribution in [2.45, 2.75) is 127 Å². The molecule has 0 aromatic rings. The van der Waals surface area contributed by atoms with Crippen LogP contribution in [0.1, 0.15) is 92.9 Å². The molecule has 2 saturated carbocycles. The Morgan fingerprint density at radius 1 is 0.594 bits per heavy atom. The number of hydrogen-bond acceptors (Lipinski definition) is 6. The molecular formula is C24H50N4P2S2. The zero-order chi connectivity index (χ0) is 24.3. The van der Waals surface area contributed by atoms with Crippen LogP contribution in [0.25, 0.3) is 0 Å². The summed E-state index contributed by atoms with van der Waals surface area (Å²) in [6.07, 6.45) is 10.4. The average molecular weight is 521 g/mol. The van der Waals surface area contributed by atoms with Crippen LogP contribution in [-0.2, 0) is 24.5 Å². The van der Waals surface area contributed by atoms with Gasteiger partial charge in [-0.25, -0.2) is 0 Å². The van der Waals surface area contributed by atoms with Crippen LogP contribution in [0.4, 0.5) is 0 Å². The Balaban J connectivity index is 2.18. The van der Waals surface area contributed by atoms with E-state index in [9.17, 15) is 0 Å². The fraction of sp³-hybridized carbons (Fsp3) is 1.00. The zero-order valence-corrected chi connectivity index (χ0v) is 25.9. The molecule has 3 fully saturated rings. The normalized spacial score (nSPS) is 40.7. The van der Waals surface area contributed by atoms with Crippen molar-refractivity contribution in [3.05, 3.63) is 0 Å². The molecular weight excluding hydrogens is 470 g/mol. The smallest absolute Gasteiger partial charge is 0.116 e. The SMILES string of the molecule is CN(C)[C@@H]1CCCC[C@H]1[P+]1([S-])N(C(C)(C)C)[P+]([S-])([C@@H]2CCCC[C@H]2N(C)C)N1C(C)(C)C. The topological polar surface area (TPSA) is 13.0 Å². The second-order valence-corrected chi connectivity index (χ2v) is 22.0. The lowest BCUT2D eigenvalue weighted by molar-refractivity contribution is 0.194. The minimum Gasteiger partial charge on any atom is -0.511 e. The van der Waals surface area contributed by atoms with Crippen LogP contribution >= 0.6 is 13.5 Å². The van der Waals surface area contributed by atoms with Crippen LogP contribution in [0.15, 0.2) is 0 Å². The van der Waals surface area contributed by atoms with E-state index >= 15 is 0 Å². The van der Waals surface area contributed by atoms with E-state index in [0.29, 0.717) is 23.4 Å². The van der Waals surface area contributed by atoms with Crippen molar-refractivity contribution in [3.63, 3.8) is 0 Å². The van der Waals surface area contributed by atoms with E-state index in [2.05, 4.69) is 88.4 Å². The maximum Gasteiger partial charge on any atom is 0.116 e. The van der Waals surface area contributed by atoms with Crippen LogP contribution < -0.4 is 0 Å². The quantitative estimate of drug-likeness (QED) is 0.305. The van der Waals surface area contributed by atoms with Crippen LogP contribution in [0, 0.1) is 0 Å². The van der Waals surface area contributed by atoms with Gasteiger partial charge in [0.1, 0.15) is 24.8 Å². The average Bonchev–Trinajstić information content (AvgIpc) is 2.64. The number of rotatable bonds is 4. The molecule has 188 valence electrons. The molecule has 0 radical (unpaired) electrons. The monoisotopic (exact) mass is 520 g/mol. The molecule has 2 aliphatic carbocycles. The van der Waals surface area contributed by atoms with Gasteiger partial charge in [0, 0.05) is 12.1 Å². The molecule has 8 heteroatoms. The summed E-state index contributed by atoms with van der Waals surface area (Å²) in [6.45, 7) is 10.4. The third-order valence-corrected chi connectivity index (χ3v) is 23.7. The van der Waals surface area contributed by atoms with E-state index in [1.54, 1.807) is 0 Å². The van der Waals surface area contributed by atoms with Crippen LogP contribution in [-0.4, -0.2) is 81.4 Å². The van der Waals surface area contributed by atoms with E-state index in [1.165, 1.54) is 51.4 Å². The van der Waals surface area contributed by atoms with E-state index in [0.717, 1.165) is 0 Å². The van der Waals surface area contributed by atoms with Crippen molar-refractivity contribution in [2.24, 2.45) is 0 Å². The molecule has 1 saturated heterocycles. The summed E-state index contributed by atoms with van der Waals surface area (Å²) in [7, 11) is 9.08. The van der Waals surface area contributed by atoms with Gasteiger partial charge in [0.05, 0.1) is 11.1 Å². The van der Waals surface area contributed by atoms with Crippen molar-refractivity contribution in [2.75, 3.05) is 28.2 Å². The van der Waals surface area contributed by atoms with Crippen LogP contribution in [0.2, 0.25) is 0 Å². The first kappa shape index (κ1) is 28.0. The van der Waals surface area contributed by atoms with E-state index in [4.69, 9.17) is 24.5 Å². The lowest BCUT2D eigenvalue weighted by atomic mass is 9.94. The van der Waals surface area contributed by atoms with Gasteiger partial charge in [-0.2, -0.15) is 0 Å². The highest BCUT2D eigenvalue weighted by molar-refractivity contribution is 8.56. The fourth-order valence-electron chi connectivity index (χ4n) is 6.95. The Labute approximate surface area is 211 Å². The molecule has 3 rings (SSSR count). The lowest BCUT2D eigenvalue weighted by Gasteiger charge is -2.76. The second-order valence-electron chi connectivity index (χ2n) is 12.9. The second kappa shape index (κ2) is 9.70. The fourth-order valence-corrected chi connectivity index (χ4v) is 28.8. The van der Waals surface area contributed by atoms with E-state index in [-0.39, 0.29) is 11.1 Å². The predicted molar refractivity (Wildman–Crippen MR) is 151 cm³/mol. The summed E-state index contributed by atoms with van der Waals surface area (Å²) >= 11 is 14.0. The Hall–Kier alpha value is 1.40. The molecule has 3 aliphatic rings. The highest BCUT2D eigenvalue weighted by Gasteiger charge is 2.80. The summed E-state index contributed by atoms with van der Waals surface area (Å²) in [4.78, 5) is 4.95. The van der Waals surface area contributed by atoms with Gasteiger partial charge in [-0.15, -0.1) is 0 Å². The summed E-state index contributed by atoms with van der Waals surface area (Å²) in [6, 6.07) is 1.15. The third kappa shape index (κ3) is 4.60. The molecule has 0 amide bonds. The zero-order valence-electron chi connectivity index (χ0n) is 22.5. The molecule has 0 unspecified atom stereocenters. The first-order chi connectivity index (χ1) is 14.6. The number of hydrogen-bond donors (Lipinski definition) is 0. The van der Waals surface area contributed by atoms with E-state index < -0.39 is 13.5 Å². The molecule has 0 aromatic heterocycles. The van der Waals surface area contributed by atoms with Crippen LogP contribution in [0.5, 0.6) is 0 Å². The molecule has 0 bridgehead atoms. The van der Waals surface area contributed by atoms with Gasteiger partial charge in [-0.1, -0.05) is 21.7 Å². The first-order valence-corrected chi connectivity index (χ1v) is 18.3. The maximum atomic E-state index is 6.99.